The minimum atomic E-state index is 0.0323. The van der Waals surface area contributed by atoms with Crippen LogP contribution >= 0.6 is 0 Å². The molecule has 6 heteroatoms. The van der Waals surface area contributed by atoms with Gasteiger partial charge in [0.05, 0.1) is 20.3 Å². The molecule has 1 aromatic carbocycles. The van der Waals surface area contributed by atoms with E-state index in [0.717, 1.165) is 25.9 Å². The molecular formula is C17H21N3O3. The number of methoxy groups -OCH3 is 2. The monoisotopic (exact) mass is 315 g/mol. The van der Waals surface area contributed by atoms with Crippen LogP contribution in [0.25, 0.3) is 0 Å². The number of likely N-dealkylation sites (tertiary alicyclic amines) is 1. The Balaban J connectivity index is 1.67. The highest BCUT2D eigenvalue weighted by molar-refractivity contribution is 5.95. The summed E-state index contributed by atoms with van der Waals surface area (Å²) >= 11 is 0. The Hall–Kier alpha value is -2.50. The van der Waals surface area contributed by atoms with Gasteiger partial charge in [-0.05, 0) is 37.1 Å². The smallest absolute Gasteiger partial charge is 0.253 e. The van der Waals surface area contributed by atoms with E-state index in [1.165, 1.54) is 0 Å². The van der Waals surface area contributed by atoms with Crippen LogP contribution in [0.1, 0.15) is 29.2 Å². The lowest BCUT2D eigenvalue weighted by Gasteiger charge is -2.32. The van der Waals surface area contributed by atoms with E-state index in [4.69, 9.17) is 9.47 Å². The molecule has 0 spiro atoms. The van der Waals surface area contributed by atoms with Gasteiger partial charge in [-0.15, -0.1) is 0 Å². The molecule has 0 saturated carbocycles. The zero-order valence-electron chi connectivity index (χ0n) is 13.4. The molecule has 122 valence electrons. The predicted molar refractivity (Wildman–Crippen MR) is 85.9 cm³/mol. The van der Waals surface area contributed by atoms with E-state index in [9.17, 15) is 4.79 Å². The van der Waals surface area contributed by atoms with Crippen molar-refractivity contribution in [1.29, 1.82) is 0 Å². The topological polar surface area (TPSA) is 56.6 Å². The fourth-order valence-electron chi connectivity index (χ4n) is 2.98. The van der Waals surface area contributed by atoms with Crippen molar-refractivity contribution in [2.24, 2.45) is 0 Å². The maximum absolute atomic E-state index is 12.7. The van der Waals surface area contributed by atoms with E-state index in [1.807, 2.05) is 21.8 Å². The van der Waals surface area contributed by atoms with Crippen molar-refractivity contribution in [1.82, 2.24) is 14.7 Å². The maximum Gasteiger partial charge on any atom is 0.253 e. The third kappa shape index (κ3) is 3.16. The van der Waals surface area contributed by atoms with Gasteiger partial charge in [0.15, 0.2) is 11.5 Å². The number of rotatable bonds is 4. The highest BCUT2D eigenvalue weighted by atomic mass is 16.5. The minimum Gasteiger partial charge on any atom is -0.493 e. The van der Waals surface area contributed by atoms with Crippen LogP contribution in [0.4, 0.5) is 0 Å². The number of hydrogen-bond donors (Lipinski definition) is 0. The van der Waals surface area contributed by atoms with Crippen LogP contribution in [-0.2, 0) is 0 Å². The van der Waals surface area contributed by atoms with Crippen LogP contribution < -0.4 is 9.47 Å². The summed E-state index contributed by atoms with van der Waals surface area (Å²) in [6, 6.07) is 7.59. The molecule has 1 amide bonds. The maximum atomic E-state index is 12.7. The SMILES string of the molecule is COc1ccc(C(=O)N2CCC(n3cccn3)CC2)cc1OC. The number of ether oxygens (including phenoxy) is 2. The second-order valence-electron chi connectivity index (χ2n) is 5.58. The Bertz CT molecular complexity index is 662. The van der Waals surface area contributed by atoms with Crippen LogP contribution in [0.2, 0.25) is 0 Å². The van der Waals surface area contributed by atoms with Crippen molar-refractivity contribution in [3.8, 4) is 11.5 Å². The fraction of sp³-hybridized carbons (Fsp3) is 0.412. The third-order valence-electron chi connectivity index (χ3n) is 4.28. The lowest BCUT2D eigenvalue weighted by atomic mass is 10.0. The van der Waals surface area contributed by atoms with Crippen LogP contribution in [0, 0.1) is 0 Å². The van der Waals surface area contributed by atoms with Gasteiger partial charge in [0.25, 0.3) is 5.91 Å². The summed E-state index contributed by atoms with van der Waals surface area (Å²) in [5.41, 5.74) is 0.625. The summed E-state index contributed by atoms with van der Waals surface area (Å²) < 4.78 is 12.5. The van der Waals surface area contributed by atoms with E-state index in [2.05, 4.69) is 5.10 Å². The molecule has 3 rings (SSSR count). The molecule has 6 nitrogen and oxygen atoms in total. The Morgan fingerprint density at radius 3 is 2.52 bits per heavy atom. The second-order valence-corrected chi connectivity index (χ2v) is 5.58. The van der Waals surface area contributed by atoms with Crippen LogP contribution in [-0.4, -0.2) is 47.9 Å². The molecule has 0 N–H and O–H groups in total. The Labute approximate surface area is 135 Å². The number of carbonyl (C=O) groups is 1. The predicted octanol–water partition coefficient (Wildman–Crippen LogP) is 2.38. The van der Waals surface area contributed by atoms with Crippen molar-refractivity contribution in [3.63, 3.8) is 0 Å². The first-order chi connectivity index (χ1) is 11.2. The first-order valence-electron chi connectivity index (χ1n) is 7.73. The summed E-state index contributed by atoms with van der Waals surface area (Å²) in [7, 11) is 3.15. The number of nitrogens with zero attached hydrogens (tertiary/aromatic N) is 3. The van der Waals surface area contributed by atoms with Gasteiger partial charge in [-0.2, -0.15) is 5.10 Å². The van der Waals surface area contributed by atoms with Crippen molar-refractivity contribution in [2.75, 3.05) is 27.3 Å². The van der Waals surface area contributed by atoms with Gasteiger partial charge in [0.1, 0.15) is 0 Å². The highest BCUT2D eigenvalue weighted by Crippen LogP contribution is 2.29. The molecule has 0 unspecified atom stereocenters. The van der Waals surface area contributed by atoms with Gasteiger partial charge in [-0.1, -0.05) is 0 Å². The van der Waals surface area contributed by atoms with Gasteiger partial charge in [-0.3, -0.25) is 9.48 Å². The molecule has 1 aliphatic heterocycles. The van der Waals surface area contributed by atoms with E-state index in [0.29, 0.717) is 23.1 Å². The molecule has 23 heavy (non-hydrogen) atoms. The van der Waals surface area contributed by atoms with Gasteiger partial charge >= 0.3 is 0 Å². The quantitative estimate of drug-likeness (QED) is 0.869. The standard InChI is InChI=1S/C17H21N3O3/c1-22-15-5-4-13(12-16(15)23-2)17(21)19-10-6-14(7-11-19)20-9-3-8-18-20/h3-5,8-9,12,14H,6-7,10-11H2,1-2H3. The number of amides is 1. The third-order valence-corrected chi connectivity index (χ3v) is 4.28. The Morgan fingerprint density at radius 1 is 1.17 bits per heavy atom. The van der Waals surface area contributed by atoms with E-state index >= 15 is 0 Å². The molecular weight excluding hydrogens is 294 g/mol. The molecule has 0 bridgehead atoms. The average molecular weight is 315 g/mol. The second kappa shape index (κ2) is 6.73. The molecule has 1 saturated heterocycles. The molecule has 2 aromatic rings. The van der Waals surface area contributed by atoms with Crippen molar-refractivity contribution in [2.45, 2.75) is 18.9 Å². The van der Waals surface area contributed by atoms with E-state index < -0.39 is 0 Å². The van der Waals surface area contributed by atoms with Gasteiger partial charge in [0, 0.05) is 31.0 Å². The highest BCUT2D eigenvalue weighted by Gasteiger charge is 2.25. The number of piperidine rings is 1. The number of aromatic nitrogens is 2. The van der Waals surface area contributed by atoms with E-state index in [-0.39, 0.29) is 5.91 Å². The minimum absolute atomic E-state index is 0.0323. The molecule has 1 aromatic heterocycles. The first-order valence-corrected chi connectivity index (χ1v) is 7.73. The fourth-order valence-corrected chi connectivity index (χ4v) is 2.98. The zero-order valence-corrected chi connectivity index (χ0v) is 13.4. The van der Waals surface area contributed by atoms with Crippen molar-refractivity contribution >= 4 is 5.91 Å². The molecule has 0 atom stereocenters. The number of benzene rings is 1. The first kappa shape index (κ1) is 15.4. The zero-order chi connectivity index (χ0) is 16.2. The summed E-state index contributed by atoms with van der Waals surface area (Å²) in [5, 5.41) is 4.29. The van der Waals surface area contributed by atoms with Crippen LogP contribution in [0.5, 0.6) is 11.5 Å². The summed E-state index contributed by atoms with van der Waals surface area (Å²) in [4.78, 5) is 14.6. The summed E-state index contributed by atoms with van der Waals surface area (Å²) in [5.74, 6) is 1.23. The van der Waals surface area contributed by atoms with Crippen molar-refractivity contribution < 1.29 is 14.3 Å². The normalized spacial score (nSPS) is 15.5. The Kier molecular flexibility index (Phi) is 4.50. The lowest BCUT2D eigenvalue weighted by Crippen LogP contribution is -2.39. The van der Waals surface area contributed by atoms with Gasteiger partial charge in [0.2, 0.25) is 0 Å². The Morgan fingerprint density at radius 2 is 1.91 bits per heavy atom. The van der Waals surface area contributed by atoms with Crippen LogP contribution in [0.15, 0.2) is 36.7 Å². The lowest BCUT2D eigenvalue weighted by molar-refractivity contribution is 0.0689. The molecule has 1 aliphatic rings. The molecule has 0 radical (unpaired) electrons. The van der Waals surface area contributed by atoms with E-state index in [1.54, 1.807) is 38.6 Å². The van der Waals surface area contributed by atoms with Gasteiger partial charge in [-0.25, -0.2) is 0 Å². The summed E-state index contributed by atoms with van der Waals surface area (Å²) in [6.45, 7) is 1.47. The molecule has 1 fully saturated rings. The average Bonchev–Trinajstić information content (AvgIpc) is 3.15. The van der Waals surface area contributed by atoms with Crippen LogP contribution in [0.3, 0.4) is 0 Å². The molecule has 0 aliphatic carbocycles. The molecule has 2 heterocycles. The number of carbonyl (C=O) groups excluding carboxylic acids is 1. The van der Waals surface area contributed by atoms with Gasteiger partial charge < -0.3 is 14.4 Å². The largest absolute Gasteiger partial charge is 0.493 e. The number of hydrogen-bond acceptors (Lipinski definition) is 4. The summed E-state index contributed by atoms with van der Waals surface area (Å²) in [6.07, 6.45) is 5.61. The van der Waals surface area contributed by atoms with Crippen molar-refractivity contribution in [3.05, 3.63) is 42.2 Å².